The third-order valence-corrected chi connectivity index (χ3v) is 3.56. The maximum atomic E-state index is 12.3. The van der Waals surface area contributed by atoms with Gasteiger partial charge in [0.2, 0.25) is 5.95 Å². The normalized spacial score (nSPS) is 16.2. The van der Waals surface area contributed by atoms with E-state index >= 15 is 0 Å². The zero-order chi connectivity index (χ0) is 14.4. The molecule has 1 fully saturated rings. The molecule has 0 aliphatic carbocycles. The van der Waals surface area contributed by atoms with E-state index in [1.54, 1.807) is 19.5 Å². The van der Waals surface area contributed by atoms with Gasteiger partial charge < -0.3 is 15.0 Å². The number of methoxy groups -OCH3 is 1. The lowest BCUT2D eigenvalue weighted by atomic mass is 9.99. The summed E-state index contributed by atoms with van der Waals surface area (Å²) >= 11 is 0. The predicted octanol–water partition coefficient (Wildman–Crippen LogP) is 1.41. The number of rotatable bonds is 5. The molecular weight excluding hydrogens is 256 g/mol. The highest BCUT2D eigenvalue weighted by Crippen LogP contribution is 2.17. The molecule has 1 aliphatic rings. The van der Waals surface area contributed by atoms with E-state index in [0.29, 0.717) is 30.6 Å². The number of piperidine rings is 1. The lowest BCUT2D eigenvalue weighted by Gasteiger charge is -2.30. The van der Waals surface area contributed by atoms with Crippen molar-refractivity contribution in [3.05, 3.63) is 18.0 Å². The number of hydrogen-bond donors (Lipinski definition) is 1. The number of nitrogens with zero attached hydrogens (tertiary/aromatic N) is 3. The summed E-state index contributed by atoms with van der Waals surface area (Å²) in [4.78, 5) is 22.5. The van der Waals surface area contributed by atoms with Gasteiger partial charge in [-0.25, -0.2) is 9.97 Å². The van der Waals surface area contributed by atoms with Crippen LogP contribution in [0.1, 0.15) is 30.1 Å². The van der Waals surface area contributed by atoms with E-state index in [-0.39, 0.29) is 5.91 Å². The molecule has 0 unspecified atom stereocenters. The summed E-state index contributed by atoms with van der Waals surface area (Å²) in [6, 6.07) is 0. The maximum absolute atomic E-state index is 12.3. The molecule has 2 heterocycles. The second-order valence-electron chi connectivity index (χ2n) is 5.19. The fourth-order valence-electron chi connectivity index (χ4n) is 2.19. The minimum Gasteiger partial charge on any atom is -0.383 e. The second-order valence-corrected chi connectivity index (χ2v) is 5.19. The number of anilines is 1. The summed E-state index contributed by atoms with van der Waals surface area (Å²) in [5.41, 5.74) is 0.553. The van der Waals surface area contributed by atoms with E-state index in [2.05, 4.69) is 22.2 Å². The van der Waals surface area contributed by atoms with Crippen molar-refractivity contribution in [3.63, 3.8) is 0 Å². The minimum atomic E-state index is 0.0281. The van der Waals surface area contributed by atoms with Crippen LogP contribution in [0.5, 0.6) is 0 Å². The van der Waals surface area contributed by atoms with Crippen LogP contribution < -0.4 is 5.32 Å². The summed E-state index contributed by atoms with van der Waals surface area (Å²) in [6.07, 6.45) is 5.32. The van der Waals surface area contributed by atoms with E-state index in [1.807, 2.05) is 4.90 Å². The van der Waals surface area contributed by atoms with Crippen molar-refractivity contribution in [3.8, 4) is 0 Å². The molecule has 20 heavy (non-hydrogen) atoms. The Morgan fingerprint density at radius 1 is 1.40 bits per heavy atom. The van der Waals surface area contributed by atoms with E-state index in [1.165, 1.54) is 0 Å². The van der Waals surface area contributed by atoms with Gasteiger partial charge >= 0.3 is 0 Å². The molecule has 1 N–H and O–H groups in total. The van der Waals surface area contributed by atoms with Crippen LogP contribution >= 0.6 is 0 Å². The Bertz CT molecular complexity index is 427. The van der Waals surface area contributed by atoms with Crippen molar-refractivity contribution in [2.45, 2.75) is 19.8 Å². The second kappa shape index (κ2) is 7.19. The van der Waals surface area contributed by atoms with Gasteiger partial charge in [-0.3, -0.25) is 4.79 Å². The highest BCUT2D eigenvalue weighted by atomic mass is 16.5. The molecule has 0 saturated carbocycles. The standard InChI is InChI=1S/C14H22N4O2/c1-11-3-6-18(7-4-11)13(19)12-9-16-14(17-10-12)15-5-8-20-2/h9-11H,3-8H2,1-2H3,(H,15,16,17). The lowest BCUT2D eigenvalue weighted by molar-refractivity contribution is 0.0696. The third-order valence-electron chi connectivity index (χ3n) is 3.56. The molecule has 110 valence electrons. The van der Waals surface area contributed by atoms with Gasteiger partial charge in [-0.05, 0) is 18.8 Å². The zero-order valence-corrected chi connectivity index (χ0v) is 12.1. The highest BCUT2D eigenvalue weighted by Gasteiger charge is 2.21. The van der Waals surface area contributed by atoms with Gasteiger partial charge in [-0.15, -0.1) is 0 Å². The number of aromatic nitrogens is 2. The number of nitrogens with one attached hydrogen (secondary N) is 1. The molecule has 0 aromatic carbocycles. The van der Waals surface area contributed by atoms with Crippen molar-refractivity contribution < 1.29 is 9.53 Å². The Morgan fingerprint density at radius 2 is 2.05 bits per heavy atom. The van der Waals surface area contributed by atoms with Crippen LogP contribution in [-0.4, -0.2) is 54.1 Å². The topological polar surface area (TPSA) is 67.3 Å². The molecule has 1 aromatic rings. The number of likely N-dealkylation sites (tertiary alicyclic amines) is 1. The number of ether oxygens (including phenoxy) is 1. The minimum absolute atomic E-state index is 0.0281. The molecule has 0 atom stereocenters. The Morgan fingerprint density at radius 3 is 2.65 bits per heavy atom. The molecular formula is C14H22N4O2. The zero-order valence-electron chi connectivity index (χ0n) is 12.1. The Hall–Kier alpha value is -1.69. The molecule has 1 aromatic heterocycles. The largest absolute Gasteiger partial charge is 0.383 e. The summed E-state index contributed by atoms with van der Waals surface area (Å²) < 4.78 is 4.93. The van der Waals surface area contributed by atoms with Gasteiger partial charge in [0.15, 0.2) is 0 Å². The summed E-state index contributed by atoms with van der Waals surface area (Å²) in [5, 5.41) is 3.02. The van der Waals surface area contributed by atoms with E-state index in [4.69, 9.17) is 4.74 Å². The third kappa shape index (κ3) is 3.90. The van der Waals surface area contributed by atoms with E-state index < -0.39 is 0 Å². The van der Waals surface area contributed by atoms with Crippen LogP contribution in [0.25, 0.3) is 0 Å². The molecule has 1 amide bonds. The molecule has 0 radical (unpaired) electrons. The van der Waals surface area contributed by atoms with Gasteiger partial charge in [-0.1, -0.05) is 6.92 Å². The number of carbonyl (C=O) groups is 1. The van der Waals surface area contributed by atoms with Gasteiger partial charge in [0.1, 0.15) is 0 Å². The SMILES string of the molecule is COCCNc1ncc(C(=O)N2CCC(C)CC2)cn1. The number of amides is 1. The first kappa shape index (κ1) is 14.7. The predicted molar refractivity (Wildman–Crippen MR) is 76.7 cm³/mol. The fourth-order valence-corrected chi connectivity index (χ4v) is 2.19. The maximum Gasteiger partial charge on any atom is 0.256 e. The van der Waals surface area contributed by atoms with Gasteiger partial charge in [0.25, 0.3) is 5.91 Å². The molecule has 6 nitrogen and oxygen atoms in total. The van der Waals surface area contributed by atoms with E-state index in [0.717, 1.165) is 25.9 Å². The average Bonchev–Trinajstić information content (AvgIpc) is 2.48. The van der Waals surface area contributed by atoms with Gasteiger partial charge in [0, 0.05) is 39.1 Å². The smallest absolute Gasteiger partial charge is 0.256 e. The molecule has 1 aliphatic heterocycles. The van der Waals surface area contributed by atoms with Crippen molar-refractivity contribution >= 4 is 11.9 Å². The first-order chi connectivity index (χ1) is 9.70. The van der Waals surface area contributed by atoms with Crippen LogP contribution in [0.4, 0.5) is 5.95 Å². The van der Waals surface area contributed by atoms with Crippen molar-refractivity contribution in [2.75, 3.05) is 38.7 Å². The van der Waals surface area contributed by atoms with Crippen molar-refractivity contribution in [2.24, 2.45) is 5.92 Å². The van der Waals surface area contributed by atoms with Gasteiger partial charge in [0.05, 0.1) is 12.2 Å². The first-order valence-electron chi connectivity index (χ1n) is 7.05. The monoisotopic (exact) mass is 278 g/mol. The van der Waals surface area contributed by atoms with Crippen LogP contribution in [-0.2, 0) is 4.74 Å². The molecule has 0 spiro atoms. The van der Waals surface area contributed by atoms with Gasteiger partial charge in [-0.2, -0.15) is 0 Å². The summed E-state index contributed by atoms with van der Waals surface area (Å²) in [7, 11) is 1.64. The summed E-state index contributed by atoms with van der Waals surface area (Å²) in [5.74, 6) is 1.26. The van der Waals surface area contributed by atoms with Crippen LogP contribution in [0.3, 0.4) is 0 Å². The molecule has 1 saturated heterocycles. The first-order valence-corrected chi connectivity index (χ1v) is 7.05. The van der Waals surface area contributed by atoms with Crippen molar-refractivity contribution in [1.29, 1.82) is 0 Å². The quantitative estimate of drug-likeness (QED) is 0.825. The van der Waals surface area contributed by atoms with Crippen LogP contribution in [0.15, 0.2) is 12.4 Å². The summed E-state index contributed by atoms with van der Waals surface area (Å²) in [6.45, 7) is 5.12. The Labute approximate surface area is 119 Å². The van der Waals surface area contributed by atoms with Crippen molar-refractivity contribution in [1.82, 2.24) is 14.9 Å². The Balaban J connectivity index is 1.90. The fraction of sp³-hybridized carbons (Fsp3) is 0.643. The Kier molecular flexibility index (Phi) is 5.29. The number of carbonyl (C=O) groups excluding carboxylic acids is 1. The molecule has 2 rings (SSSR count). The molecule has 6 heteroatoms. The van der Waals surface area contributed by atoms with Crippen LogP contribution in [0.2, 0.25) is 0 Å². The highest BCUT2D eigenvalue weighted by molar-refractivity contribution is 5.93. The molecule has 0 bridgehead atoms. The number of hydrogen-bond acceptors (Lipinski definition) is 5. The lowest BCUT2D eigenvalue weighted by Crippen LogP contribution is -2.38. The van der Waals surface area contributed by atoms with E-state index in [9.17, 15) is 4.79 Å². The van der Waals surface area contributed by atoms with Crippen LogP contribution in [0, 0.1) is 5.92 Å². The average molecular weight is 278 g/mol.